The van der Waals surface area contributed by atoms with E-state index in [1.807, 2.05) is 6.92 Å². The SMILES string of the molecule is CC1OCCC1N(C)C(=O)c1cc(N)ccn1. The third kappa shape index (κ3) is 2.39. The Hall–Kier alpha value is -1.62. The van der Waals surface area contributed by atoms with E-state index in [1.54, 1.807) is 30.3 Å². The van der Waals surface area contributed by atoms with Crippen LogP contribution in [0.25, 0.3) is 0 Å². The minimum Gasteiger partial charge on any atom is -0.399 e. The normalized spacial score (nSPS) is 23.6. The minimum absolute atomic E-state index is 0.0741. The monoisotopic (exact) mass is 235 g/mol. The van der Waals surface area contributed by atoms with Crippen molar-refractivity contribution in [2.75, 3.05) is 19.4 Å². The van der Waals surface area contributed by atoms with Crippen LogP contribution in [0.3, 0.4) is 0 Å². The predicted octanol–water partition coefficient (Wildman–Crippen LogP) is 0.913. The number of nitrogens with zero attached hydrogens (tertiary/aromatic N) is 2. The zero-order valence-corrected chi connectivity index (χ0v) is 10.1. The molecular weight excluding hydrogens is 218 g/mol. The first kappa shape index (κ1) is 11.9. The van der Waals surface area contributed by atoms with Crippen LogP contribution in [0.4, 0.5) is 5.69 Å². The standard InChI is InChI=1S/C12H17N3O2/c1-8-11(4-6-17-8)15(2)12(16)10-7-9(13)3-5-14-10/h3,5,7-8,11H,4,6H2,1-2H3,(H2,13,14). The molecule has 0 radical (unpaired) electrons. The lowest BCUT2D eigenvalue weighted by Crippen LogP contribution is -2.41. The third-order valence-corrected chi connectivity index (χ3v) is 3.16. The van der Waals surface area contributed by atoms with Gasteiger partial charge in [0, 0.05) is 25.5 Å². The molecule has 2 rings (SSSR count). The van der Waals surface area contributed by atoms with E-state index in [4.69, 9.17) is 10.5 Å². The summed E-state index contributed by atoms with van der Waals surface area (Å²) in [5, 5.41) is 0. The molecule has 1 aromatic heterocycles. The molecule has 2 atom stereocenters. The quantitative estimate of drug-likeness (QED) is 0.827. The first-order valence-electron chi connectivity index (χ1n) is 5.70. The molecule has 2 unspecified atom stereocenters. The molecule has 17 heavy (non-hydrogen) atoms. The average molecular weight is 235 g/mol. The number of nitrogen functional groups attached to an aromatic ring is 1. The minimum atomic E-state index is -0.111. The van der Waals surface area contributed by atoms with Gasteiger partial charge >= 0.3 is 0 Å². The summed E-state index contributed by atoms with van der Waals surface area (Å²) in [7, 11) is 1.78. The Labute approximate surface area is 101 Å². The number of rotatable bonds is 2. The van der Waals surface area contributed by atoms with Gasteiger partial charge in [0.25, 0.3) is 5.91 Å². The zero-order valence-electron chi connectivity index (χ0n) is 10.1. The Morgan fingerprint density at radius 1 is 1.65 bits per heavy atom. The lowest BCUT2D eigenvalue weighted by molar-refractivity contribution is 0.0570. The highest BCUT2D eigenvalue weighted by molar-refractivity contribution is 5.93. The molecule has 1 amide bonds. The van der Waals surface area contributed by atoms with Gasteiger partial charge in [-0.1, -0.05) is 0 Å². The van der Waals surface area contributed by atoms with E-state index < -0.39 is 0 Å². The summed E-state index contributed by atoms with van der Waals surface area (Å²) < 4.78 is 5.46. The lowest BCUT2D eigenvalue weighted by atomic mass is 10.1. The van der Waals surface area contributed by atoms with Gasteiger partial charge in [-0.25, -0.2) is 0 Å². The largest absolute Gasteiger partial charge is 0.399 e. The molecule has 1 saturated heterocycles. The molecule has 1 aromatic rings. The van der Waals surface area contributed by atoms with Gasteiger partial charge in [-0.2, -0.15) is 0 Å². The van der Waals surface area contributed by atoms with Gasteiger partial charge in [0.15, 0.2) is 0 Å². The van der Waals surface area contributed by atoms with Crippen LogP contribution in [-0.4, -0.2) is 41.6 Å². The molecule has 0 spiro atoms. The Balaban J connectivity index is 2.14. The molecule has 2 heterocycles. The topological polar surface area (TPSA) is 68.5 Å². The molecule has 1 fully saturated rings. The van der Waals surface area contributed by atoms with Crippen molar-refractivity contribution in [3.05, 3.63) is 24.0 Å². The Kier molecular flexibility index (Phi) is 3.28. The molecule has 0 bridgehead atoms. The summed E-state index contributed by atoms with van der Waals surface area (Å²) in [4.78, 5) is 17.9. The van der Waals surface area contributed by atoms with Gasteiger partial charge in [0.05, 0.1) is 12.1 Å². The van der Waals surface area contributed by atoms with Gasteiger partial charge in [-0.15, -0.1) is 0 Å². The molecule has 0 saturated carbocycles. The predicted molar refractivity (Wildman–Crippen MR) is 64.6 cm³/mol. The number of ether oxygens (including phenoxy) is 1. The van der Waals surface area contributed by atoms with Crippen molar-refractivity contribution in [3.63, 3.8) is 0 Å². The number of hydrogen-bond acceptors (Lipinski definition) is 4. The van der Waals surface area contributed by atoms with Crippen LogP contribution >= 0.6 is 0 Å². The number of amides is 1. The van der Waals surface area contributed by atoms with Crippen LogP contribution in [0.1, 0.15) is 23.8 Å². The fraction of sp³-hybridized carbons (Fsp3) is 0.500. The second-order valence-electron chi connectivity index (χ2n) is 4.32. The Morgan fingerprint density at radius 2 is 2.41 bits per heavy atom. The fourth-order valence-corrected chi connectivity index (χ4v) is 2.12. The highest BCUT2D eigenvalue weighted by Crippen LogP contribution is 2.19. The van der Waals surface area contributed by atoms with E-state index in [0.717, 1.165) is 6.42 Å². The maximum absolute atomic E-state index is 12.2. The van der Waals surface area contributed by atoms with Crippen LogP contribution in [-0.2, 0) is 4.74 Å². The number of nitrogens with two attached hydrogens (primary N) is 1. The van der Waals surface area contributed by atoms with Crippen molar-refractivity contribution in [1.29, 1.82) is 0 Å². The summed E-state index contributed by atoms with van der Waals surface area (Å²) >= 11 is 0. The van der Waals surface area contributed by atoms with E-state index in [-0.39, 0.29) is 18.1 Å². The summed E-state index contributed by atoms with van der Waals surface area (Å²) in [6, 6.07) is 3.38. The zero-order chi connectivity index (χ0) is 12.4. The van der Waals surface area contributed by atoms with Crippen LogP contribution in [0.5, 0.6) is 0 Å². The number of carbonyl (C=O) groups excluding carboxylic acids is 1. The Bertz CT molecular complexity index is 422. The molecule has 1 aliphatic heterocycles. The highest BCUT2D eigenvalue weighted by Gasteiger charge is 2.31. The van der Waals surface area contributed by atoms with Gasteiger partial charge in [-0.3, -0.25) is 9.78 Å². The number of hydrogen-bond donors (Lipinski definition) is 1. The van der Waals surface area contributed by atoms with Gasteiger partial charge < -0.3 is 15.4 Å². The molecule has 1 aliphatic rings. The van der Waals surface area contributed by atoms with E-state index in [1.165, 1.54) is 0 Å². The van der Waals surface area contributed by atoms with E-state index in [0.29, 0.717) is 18.0 Å². The van der Waals surface area contributed by atoms with E-state index >= 15 is 0 Å². The summed E-state index contributed by atoms with van der Waals surface area (Å²) in [5.74, 6) is -0.111. The number of aromatic nitrogens is 1. The van der Waals surface area contributed by atoms with Crippen LogP contribution in [0.2, 0.25) is 0 Å². The number of carbonyl (C=O) groups is 1. The Morgan fingerprint density at radius 3 is 3.00 bits per heavy atom. The first-order valence-corrected chi connectivity index (χ1v) is 5.70. The van der Waals surface area contributed by atoms with Gasteiger partial charge in [0.1, 0.15) is 5.69 Å². The third-order valence-electron chi connectivity index (χ3n) is 3.16. The molecule has 5 nitrogen and oxygen atoms in total. The molecule has 0 aromatic carbocycles. The first-order chi connectivity index (χ1) is 8.09. The number of likely N-dealkylation sites (N-methyl/N-ethyl adjacent to an activating group) is 1. The van der Waals surface area contributed by atoms with Crippen molar-refractivity contribution < 1.29 is 9.53 Å². The number of anilines is 1. The van der Waals surface area contributed by atoms with Crippen molar-refractivity contribution in [2.24, 2.45) is 0 Å². The second kappa shape index (κ2) is 4.71. The van der Waals surface area contributed by atoms with Crippen LogP contribution in [0.15, 0.2) is 18.3 Å². The fourth-order valence-electron chi connectivity index (χ4n) is 2.12. The summed E-state index contributed by atoms with van der Waals surface area (Å²) in [5.41, 5.74) is 6.57. The van der Waals surface area contributed by atoms with Crippen LogP contribution < -0.4 is 5.73 Å². The van der Waals surface area contributed by atoms with Crippen molar-refractivity contribution in [3.8, 4) is 0 Å². The van der Waals surface area contributed by atoms with Crippen molar-refractivity contribution >= 4 is 11.6 Å². The summed E-state index contributed by atoms with van der Waals surface area (Å²) in [6.07, 6.45) is 2.49. The lowest BCUT2D eigenvalue weighted by Gasteiger charge is -2.26. The van der Waals surface area contributed by atoms with E-state index in [2.05, 4.69) is 4.98 Å². The average Bonchev–Trinajstić information content (AvgIpc) is 2.73. The molecule has 92 valence electrons. The molecule has 5 heteroatoms. The molecule has 2 N–H and O–H groups in total. The summed E-state index contributed by atoms with van der Waals surface area (Å²) in [6.45, 7) is 2.68. The maximum atomic E-state index is 12.2. The van der Waals surface area contributed by atoms with Gasteiger partial charge in [-0.05, 0) is 25.5 Å². The maximum Gasteiger partial charge on any atom is 0.272 e. The molecule has 0 aliphatic carbocycles. The highest BCUT2D eigenvalue weighted by atomic mass is 16.5. The van der Waals surface area contributed by atoms with Crippen molar-refractivity contribution in [2.45, 2.75) is 25.5 Å². The van der Waals surface area contributed by atoms with Crippen molar-refractivity contribution in [1.82, 2.24) is 9.88 Å². The molecular formula is C12H17N3O2. The van der Waals surface area contributed by atoms with Crippen LogP contribution in [0, 0.1) is 0 Å². The van der Waals surface area contributed by atoms with E-state index in [9.17, 15) is 4.79 Å². The number of pyridine rings is 1. The van der Waals surface area contributed by atoms with Gasteiger partial charge in [0.2, 0.25) is 0 Å². The second-order valence-corrected chi connectivity index (χ2v) is 4.32. The smallest absolute Gasteiger partial charge is 0.272 e.